The van der Waals surface area contributed by atoms with E-state index in [1.54, 1.807) is 17.1 Å². The van der Waals surface area contributed by atoms with Crippen molar-refractivity contribution >= 4 is 22.7 Å². The monoisotopic (exact) mass is 383 g/mol. The molecule has 0 aliphatic carbocycles. The highest BCUT2D eigenvalue weighted by molar-refractivity contribution is 7.99. The highest BCUT2D eigenvalue weighted by Crippen LogP contribution is 2.32. The van der Waals surface area contributed by atoms with Gasteiger partial charge in [0.05, 0.1) is 11.2 Å². The molecule has 7 nitrogen and oxygen atoms in total. The fraction of sp³-hybridized carbons (Fsp3) is 0. The normalized spacial score (nSPS) is 11.0. The zero-order valence-electron chi connectivity index (χ0n) is 14.5. The Morgan fingerprint density at radius 1 is 0.821 bits per heavy atom. The molecule has 0 amide bonds. The van der Waals surface area contributed by atoms with E-state index < -0.39 is 0 Å². The minimum atomic E-state index is 0.619. The Balaban J connectivity index is 1.63. The topological polar surface area (TPSA) is 82.3 Å². The second-order valence-electron chi connectivity index (χ2n) is 5.92. The molecule has 0 saturated carbocycles. The Kier molecular flexibility index (Phi) is 4.23. The van der Waals surface area contributed by atoms with Crippen LogP contribution in [0, 0.1) is 0 Å². The van der Waals surface area contributed by atoms with Gasteiger partial charge in [-0.2, -0.15) is 4.68 Å². The summed E-state index contributed by atoms with van der Waals surface area (Å²) in [5.74, 6) is 0.619. The molecule has 0 atom stereocenters. The van der Waals surface area contributed by atoms with Gasteiger partial charge < -0.3 is 0 Å². The molecule has 5 rings (SSSR count). The van der Waals surface area contributed by atoms with Crippen LogP contribution in [-0.4, -0.2) is 35.2 Å². The minimum absolute atomic E-state index is 0.619. The van der Waals surface area contributed by atoms with Gasteiger partial charge in [0.2, 0.25) is 5.16 Å². The number of rotatable bonds is 4. The zero-order valence-corrected chi connectivity index (χ0v) is 15.4. The zero-order chi connectivity index (χ0) is 18.8. The van der Waals surface area contributed by atoms with Crippen LogP contribution in [0.5, 0.6) is 0 Å². The average Bonchev–Trinajstić information content (AvgIpc) is 3.23. The number of hydrogen-bond acceptors (Lipinski definition) is 7. The predicted molar refractivity (Wildman–Crippen MR) is 106 cm³/mol. The van der Waals surface area contributed by atoms with Gasteiger partial charge in [-0.1, -0.05) is 36.4 Å². The van der Waals surface area contributed by atoms with E-state index in [2.05, 4.69) is 20.5 Å². The Morgan fingerprint density at radius 3 is 2.54 bits per heavy atom. The lowest BCUT2D eigenvalue weighted by atomic mass is 10.2. The summed E-state index contributed by atoms with van der Waals surface area (Å²) in [5, 5.41) is 14.5. The summed E-state index contributed by atoms with van der Waals surface area (Å²) in [7, 11) is 0. The fourth-order valence-corrected chi connectivity index (χ4v) is 3.70. The van der Waals surface area contributed by atoms with E-state index in [0.717, 1.165) is 27.2 Å². The summed E-state index contributed by atoms with van der Waals surface area (Å²) >= 11 is 1.41. The van der Waals surface area contributed by atoms with E-state index in [1.807, 2.05) is 66.7 Å². The summed E-state index contributed by atoms with van der Waals surface area (Å²) in [6.07, 6.45) is 3.49. The molecule has 0 N–H and O–H groups in total. The number of aromatic nitrogens is 7. The maximum absolute atomic E-state index is 4.78. The first kappa shape index (κ1) is 16.5. The van der Waals surface area contributed by atoms with Gasteiger partial charge >= 0.3 is 0 Å². The Labute approximate surface area is 164 Å². The van der Waals surface area contributed by atoms with E-state index >= 15 is 0 Å². The number of pyridine rings is 1. The first-order valence-corrected chi connectivity index (χ1v) is 9.39. The Morgan fingerprint density at radius 2 is 1.68 bits per heavy atom. The van der Waals surface area contributed by atoms with Crippen LogP contribution in [0.25, 0.3) is 28.0 Å². The summed E-state index contributed by atoms with van der Waals surface area (Å²) in [4.78, 5) is 13.7. The van der Waals surface area contributed by atoms with E-state index in [9.17, 15) is 0 Å². The molecule has 0 fully saturated rings. The highest BCUT2D eigenvalue weighted by Gasteiger charge is 2.15. The van der Waals surface area contributed by atoms with Crippen molar-refractivity contribution in [1.29, 1.82) is 0 Å². The molecule has 8 heteroatoms. The molecular formula is C20H13N7S. The lowest BCUT2D eigenvalue weighted by molar-refractivity contribution is 0.756. The number of hydrogen-bond donors (Lipinski definition) is 0. The van der Waals surface area contributed by atoms with Gasteiger partial charge in [0.25, 0.3) is 0 Å². The van der Waals surface area contributed by atoms with Crippen molar-refractivity contribution in [3.8, 4) is 17.1 Å². The summed E-state index contributed by atoms with van der Waals surface area (Å²) in [5.41, 5.74) is 2.61. The van der Waals surface area contributed by atoms with Gasteiger partial charge in [-0.05, 0) is 52.5 Å². The Hall–Kier alpha value is -3.65. The van der Waals surface area contributed by atoms with Crippen LogP contribution < -0.4 is 0 Å². The number of nitrogens with zero attached hydrogens (tertiary/aromatic N) is 7. The molecule has 134 valence electrons. The van der Waals surface area contributed by atoms with Crippen molar-refractivity contribution in [2.24, 2.45) is 0 Å². The van der Waals surface area contributed by atoms with Crippen LogP contribution in [0.1, 0.15) is 0 Å². The van der Waals surface area contributed by atoms with Gasteiger partial charge in [-0.15, -0.1) is 5.10 Å². The lowest BCUT2D eigenvalue weighted by Crippen LogP contribution is -2.00. The maximum Gasteiger partial charge on any atom is 0.220 e. The standard InChI is InChI=1S/C20H13N7S/c1-2-8-15(9-3-1)27-20(24-25-26-27)28-19-16-10-4-5-11-17(16)22-18(23-19)14-7-6-12-21-13-14/h1-13H. The lowest BCUT2D eigenvalue weighted by Gasteiger charge is -2.08. The maximum atomic E-state index is 4.78. The average molecular weight is 383 g/mol. The van der Waals surface area contributed by atoms with Crippen molar-refractivity contribution in [1.82, 2.24) is 35.2 Å². The van der Waals surface area contributed by atoms with Crippen molar-refractivity contribution in [3.63, 3.8) is 0 Å². The summed E-state index contributed by atoms with van der Waals surface area (Å²) in [6.45, 7) is 0. The second kappa shape index (κ2) is 7.16. The third-order valence-electron chi connectivity index (χ3n) is 4.12. The van der Waals surface area contributed by atoms with Gasteiger partial charge in [-0.25, -0.2) is 9.97 Å². The van der Waals surface area contributed by atoms with Crippen LogP contribution in [-0.2, 0) is 0 Å². The minimum Gasteiger partial charge on any atom is -0.264 e. The number of fused-ring (bicyclic) bond motifs is 1. The molecule has 0 unspecified atom stereocenters. The smallest absolute Gasteiger partial charge is 0.220 e. The highest BCUT2D eigenvalue weighted by atomic mass is 32.2. The SMILES string of the molecule is c1ccc(-n2nnnc2Sc2nc(-c3cccnc3)nc3ccccc23)cc1. The van der Waals surface area contributed by atoms with Crippen LogP contribution in [0.2, 0.25) is 0 Å². The van der Waals surface area contributed by atoms with Crippen LogP contribution in [0.4, 0.5) is 0 Å². The number of benzene rings is 2. The van der Waals surface area contributed by atoms with Crippen LogP contribution in [0.15, 0.2) is 89.3 Å². The van der Waals surface area contributed by atoms with Gasteiger partial charge in [-0.3, -0.25) is 4.98 Å². The van der Waals surface area contributed by atoms with E-state index in [1.165, 1.54) is 11.8 Å². The van der Waals surface area contributed by atoms with E-state index in [0.29, 0.717) is 11.0 Å². The van der Waals surface area contributed by atoms with Gasteiger partial charge in [0, 0.05) is 23.3 Å². The molecule has 0 aliphatic rings. The first-order chi connectivity index (χ1) is 13.9. The molecule has 3 heterocycles. The third-order valence-corrected chi connectivity index (χ3v) is 5.06. The molecule has 3 aromatic heterocycles. The number of para-hydroxylation sites is 2. The van der Waals surface area contributed by atoms with Crippen molar-refractivity contribution < 1.29 is 0 Å². The van der Waals surface area contributed by atoms with E-state index in [4.69, 9.17) is 9.97 Å². The number of tetrazole rings is 1. The molecule has 0 spiro atoms. The first-order valence-electron chi connectivity index (χ1n) is 8.57. The molecule has 2 aromatic carbocycles. The second-order valence-corrected chi connectivity index (χ2v) is 6.88. The molecule has 0 bridgehead atoms. The van der Waals surface area contributed by atoms with Crippen molar-refractivity contribution in [2.45, 2.75) is 10.2 Å². The fourth-order valence-electron chi connectivity index (χ4n) is 2.81. The quantitative estimate of drug-likeness (QED) is 0.436. The van der Waals surface area contributed by atoms with E-state index in [-0.39, 0.29) is 0 Å². The molecule has 0 saturated heterocycles. The van der Waals surface area contributed by atoms with Crippen LogP contribution >= 0.6 is 11.8 Å². The molecule has 5 aromatic rings. The van der Waals surface area contributed by atoms with Crippen molar-refractivity contribution in [3.05, 3.63) is 79.1 Å². The molecule has 28 heavy (non-hydrogen) atoms. The molecule has 0 radical (unpaired) electrons. The largest absolute Gasteiger partial charge is 0.264 e. The van der Waals surface area contributed by atoms with Gasteiger partial charge in [0.1, 0.15) is 5.03 Å². The van der Waals surface area contributed by atoms with Crippen LogP contribution in [0.3, 0.4) is 0 Å². The molecular weight excluding hydrogens is 370 g/mol. The third kappa shape index (κ3) is 3.10. The predicted octanol–water partition coefficient (Wildman–Crippen LogP) is 3.82. The Bertz CT molecular complexity index is 1240. The van der Waals surface area contributed by atoms with Gasteiger partial charge in [0.15, 0.2) is 5.82 Å². The summed E-state index contributed by atoms with van der Waals surface area (Å²) < 4.78 is 1.70. The van der Waals surface area contributed by atoms with Crippen molar-refractivity contribution in [2.75, 3.05) is 0 Å². The summed E-state index contributed by atoms with van der Waals surface area (Å²) in [6, 6.07) is 21.5. The molecule has 0 aliphatic heterocycles.